The molecule has 0 saturated carbocycles. The third-order valence-electron chi connectivity index (χ3n) is 2.65. The molecule has 2 rings (SSSR count). The summed E-state index contributed by atoms with van der Waals surface area (Å²) in [5.74, 6) is 0.613. The first-order valence-corrected chi connectivity index (χ1v) is 6.21. The van der Waals surface area contributed by atoms with Gasteiger partial charge in [0.25, 0.3) is 0 Å². The monoisotopic (exact) mass is 233 g/mol. The van der Waals surface area contributed by atoms with E-state index in [0.29, 0.717) is 5.92 Å². The zero-order valence-corrected chi connectivity index (χ0v) is 10.5. The van der Waals surface area contributed by atoms with Crippen LogP contribution in [0.4, 0.5) is 0 Å². The third kappa shape index (κ3) is 2.09. The quantitative estimate of drug-likeness (QED) is 0.852. The van der Waals surface area contributed by atoms with E-state index in [4.69, 9.17) is 0 Å². The second kappa shape index (κ2) is 4.26. The number of hydrogen-bond donors (Lipinski definition) is 1. The SMILES string of the molecule is Cc1ccc(C(C)C)cc1-c1nc(O)cs1. The Morgan fingerprint density at radius 3 is 2.62 bits per heavy atom. The van der Waals surface area contributed by atoms with Crippen molar-refractivity contribution in [1.29, 1.82) is 0 Å². The van der Waals surface area contributed by atoms with E-state index in [9.17, 15) is 5.11 Å². The number of rotatable bonds is 2. The molecule has 0 atom stereocenters. The van der Waals surface area contributed by atoms with Crippen LogP contribution in [0.25, 0.3) is 10.6 Å². The Labute approximate surface area is 99.6 Å². The van der Waals surface area contributed by atoms with Gasteiger partial charge in [-0.1, -0.05) is 26.0 Å². The maximum atomic E-state index is 9.28. The first-order chi connectivity index (χ1) is 7.58. The molecule has 2 aromatic rings. The summed E-state index contributed by atoms with van der Waals surface area (Å²) < 4.78 is 0. The van der Waals surface area contributed by atoms with Crippen molar-refractivity contribution in [3.63, 3.8) is 0 Å². The van der Waals surface area contributed by atoms with E-state index in [-0.39, 0.29) is 5.88 Å². The Hall–Kier alpha value is -1.35. The zero-order valence-electron chi connectivity index (χ0n) is 9.69. The van der Waals surface area contributed by atoms with Crippen LogP contribution in [0.5, 0.6) is 5.88 Å². The van der Waals surface area contributed by atoms with Crippen LogP contribution < -0.4 is 0 Å². The third-order valence-corrected chi connectivity index (χ3v) is 3.51. The van der Waals surface area contributed by atoms with Gasteiger partial charge in [-0.05, 0) is 30.0 Å². The van der Waals surface area contributed by atoms with Crippen LogP contribution in [0, 0.1) is 6.92 Å². The van der Waals surface area contributed by atoms with E-state index in [1.54, 1.807) is 5.38 Å². The van der Waals surface area contributed by atoms with Crippen molar-refractivity contribution in [3.05, 3.63) is 34.7 Å². The largest absolute Gasteiger partial charge is 0.493 e. The molecule has 0 radical (unpaired) electrons. The molecule has 0 fully saturated rings. The lowest BCUT2D eigenvalue weighted by molar-refractivity contribution is 0.458. The lowest BCUT2D eigenvalue weighted by atomic mass is 9.98. The Kier molecular flexibility index (Phi) is 2.97. The van der Waals surface area contributed by atoms with Crippen molar-refractivity contribution < 1.29 is 5.11 Å². The second-order valence-electron chi connectivity index (χ2n) is 4.24. The van der Waals surface area contributed by atoms with Crippen molar-refractivity contribution in [3.8, 4) is 16.5 Å². The fourth-order valence-electron chi connectivity index (χ4n) is 1.62. The van der Waals surface area contributed by atoms with Crippen molar-refractivity contribution in [2.24, 2.45) is 0 Å². The summed E-state index contributed by atoms with van der Waals surface area (Å²) in [6.45, 7) is 6.42. The fraction of sp³-hybridized carbons (Fsp3) is 0.308. The summed E-state index contributed by atoms with van der Waals surface area (Å²) in [5.41, 5.74) is 3.62. The van der Waals surface area contributed by atoms with Crippen LogP contribution in [-0.4, -0.2) is 10.1 Å². The Morgan fingerprint density at radius 2 is 2.06 bits per heavy atom. The Balaban J connectivity index is 2.51. The average molecular weight is 233 g/mol. The summed E-state index contributed by atoms with van der Waals surface area (Å²) in [6, 6.07) is 6.43. The van der Waals surface area contributed by atoms with E-state index in [1.165, 1.54) is 22.5 Å². The molecule has 0 saturated heterocycles. The van der Waals surface area contributed by atoms with Crippen LogP contribution in [0.3, 0.4) is 0 Å². The summed E-state index contributed by atoms with van der Waals surface area (Å²) in [7, 11) is 0. The summed E-state index contributed by atoms with van der Waals surface area (Å²) in [4.78, 5) is 4.12. The number of benzene rings is 1. The fourth-order valence-corrected chi connectivity index (χ4v) is 2.38. The molecule has 3 heteroatoms. The molecule has 2 nitrogen and oxygen atoms in total. The maximum Gasteiger partial charge on any atom is 0.222 e. The molecule has 16 heavy (non-hydrogen) atoms. The summed E-state index contributed by atoms with van der Waals surface area (Å²) in [6.07, 6.45) is 0. The lowest BCUT2D eigenvalue weighted by Gasteiger charge is -2.09. The minimum absolute atomic E-state index is 0.106. The Morgan fingerprint density at radius 1 is 1.31 bits per heavy atom. The number of aromatic hydroxyl groups is 1. The predicted octanol–water partition coefficient (Wildman–Crippen LogP) is 3.95. The highest BCUT2D eigenvalue weighted by Crippen LogP contribution is 2.31. The van der Waals surface area contributed by atoms with Gasteiger partial charge in [-0.2, -0.15) is 0 Å². The number of nitrogens with zero attached hydrogens (tertiary/aromatic N) is 1. The average Bonchev–Trinajstić information content (AvgIpc) is 2.65. The first-order valence-electron chi connectivity index (χ1n) is 5.33. The number of thiazole rings is 1. The second-order valence-corrected chi connectivity index (χ2v) is 5.10. The van der Waals surface area contributed by atoms with Crippen molar-refractivity contribution in [2.75, 3.05) is 0 Å². The van der Waals surface area contributed by atoms with Gasteiger partial charge in [0.2, 0.25) is 5.88 Å². The normalized spacial score (nSPS) is 11.0. The van der Waals surface area contributed by atoms with E-state index in [1.807, 2.05) is 0 Å². The van der Waals surface area contributed by atoms with Gasteiger partial charge in [-0.15, -0.1) is 11.3 Å². The molecule has 0 aliphatic heterocycles. The van der Waals surface area contributed by atoms with Crippen LogP contribution in [0.1, 0.15) is 30.9 Å². The molecule has 84 valence electrons. The van der Waals surface area contributed by atoms with E-state index >= 15 is 0 Å². The number of aromatic nitrogens is 1. The maximum absolute atomic E-state index is 9.28. The minimum Gasteiger partial charge on any atom is -0.493 e. The van der Waals surface area contributed by atoms with Gasteiger partial charge in [-0.3, -0.25) is 0 Å². The summed E-state index contributed by atoms with van der Waals surface area (Å²) >= 11 is 1.48. The molecular formula is C13H15NOS. The van der Waals surface area contributed by atoms with Gasteiger partial charge in [-0.25, -0.2) is 4.98 Å². The number of hydrogen-bond acceptors (Lipinski definition) is 3. The first kappa shape index (κ1) is 11.1. The smallest absolute Gasteiger partial charge is 0.222 e. The molecule has 0 unspecified atom stereocenters. The van der Waals surface area contributed by atoms with E-state index in [0.717, 1.165) is 10.6 Å². The topological polar surface area (TPSA) is 33.1 Å². The van der Waals surface area contributed by atoms with Crippen molar-refractivity contribution >= 4 is 11.3 Å². The minimum atomic E-state index is 0.106. The highest BCUT2D eigenvalue weighted by Gasteiger charge is 2.09. The van der Waals surface area contributed by atoms with Crippen molar-refractivity contribution in [1.82, 2.24) is 4.98 Å². The van der Waals surface area contributed by atoms with Gasteiger partial charge >= 0.3 is 0 Å². The van der Waals surface area contributed by atoms with Gasteiger partial charge < -0.3 is 5.11 Å². The molecule has 0 aliphatic rings. The summed E-state index contributed by atoms with van der Waals surface area (Å²) in [5, 5.41) is 11.8. The highest BCUT2D eigenvalue weighted by atomic mass is 32.1. The molecule has 1 aromatic carbocycles. The van der Waals surface area contributed by atoms with E-state index in [2.05, 4.69) is 44.0 Å². The van der Waals surface area contributed by atoms with Crippen LogP contribution in [0.15, 0.2) is 23.6 Å². The van der Waals surface area contributed by atoms with Crippen LogP contribution in [0.2, 0.25) is 0 Å². The van der Waals surface area contributed by atoms with Gasteiger partial charge in [0.05, 0.1) is 5.38 Å². The molecule has 1 N–H and O–H groups in total. The Bertz CT molecular complexity index is 502. The van der Waals surface area contributed by atoms with Crippen LogP contribution >= 0.6 is 11.3 Å². The van der Waals surface area contributed by atoms with Gasteiger partial charge in [0.15, 0.2) is 0 Å². The van der Waals surface area contributed by atoms with Gasteiger partial charge in [0.1, 0.15) is 5.01 Å². The van der Waals surface area contributed by atoms with Crippen LogP contribution in [-0.2, 0) is 0 Å². The standard InChI is InChI=1S/C13H15NOS/c1-8(2)10-5-4-9(3)11(6-10)13-14-12(15)7-16-13/h4-8,15H,1-3H3. The molecule has 0 bridgehead atoms. The molecule has 0 spiro atoms. The predicted molar refractivity (Wildman–Crippen MR) is 68.0 cm³/mol. The van der Waals surface area contributed by atoms with Crippen molar-refractivity contribution in [2.45, 2.75) is 26.7 Å². The molecule has 1 aromatic heterocycles. The molecule has 0 amide bonds. The number of aryl methyl sites for hydroxylation is 1. The lowest BCUT2D eigenvalue weighted by Crippen LogP contribution is -1.90. The molecule has 0 aliphatic carbocycles. The zero-order chi connectivity index (χ0) is 11.7. The molecule has 1 heterocycles. The van der Waals surface area contributed by atoms with E-state index < -0.39 is 0 Å². The van der Waals surface area contributed by atoms with Gasteiger partial charge in [0, 0.05) is 5.56 Å². The molecular weight excluding hydrogens is 218 g/mol. The highest BCUT2D eigenvalue weighted by molar-refractivity contribution is 7.13.